The van der Waals surface area contributed by atoms with Crippen molar-refractivity contribution in [2.24, 2.45) is 0 Å². The summed E-state index contributed by atoms with van der Waals surface area (Å²) in [6.07, 6.45) is 7.26. The molecule has 0 bridgehead atoms. The number of benzene rings is 2. The van der Waals surface area contributed by atoms with Crippen LogP contribution >= 0.6 is 0 Å². The predicted octanol–water partition coefficient (Wildman–Crippen LogP) is 4.03. The minimum absolute atomic E-state index is 0.238. The lowest BCUT2D eigenvalue weighted by Gasteiger charge is -2.08. The van der Waals surface area contributed by atoms with Gasteiger partial charge in [0.1, 0.15) is 11.6 Å². The third-order valence-corrected chi connectivity index (χ3v) is 5.76. The van der Waals surface area contributed by atoms with Crippen molar-refractivity contribution < 1.29 is 17.2 Å². The summed E-state index contributed by atoms with van der Waals surface area (Å²) in [5, 5.41) is 12.0. The summed E-state index contributed by atoms with van der Waals surface area (Å²) in [5.41, 5.74) is 2.45. The van der Waals surface area contributed by atoms with Gasteiger partial charge in [-0.3, -0.25) is 14.5 Å². The van der Waals surface area contributed by atoms with Crippen LogP contribution in [0.4, 0.5) is 14.5 Å². The Kier molecular flexibility index (Phi) is 5.08. The lowest BCUT2D eigenvalue weighted by Crippen LogP contribution is -2.13. The molecule has 0 aliphatic rings. The molecule has 154 valence electrons. The van der Waals surface area contributed by atoms with Gasteiger partial charge < -0.3 is 0 Å². The van der Waals surface area contributed by atoms with Gasteiger partial charge in [0.05, 0.1) is 22.3 Å². The molecule has 4 aromatic rings. The number of aromatic nitrogens is 4. The van der Waals surface area contributed by atoms with Crippen LogP contribution in [0.1, 0.15) is 18.2 Å². The number of halogens is 2. The van der Waals surface area contributed by atoms with Crippen molar-refractivity contribution in [3.05, 3.63) is 71.7 Å². The zero-order valence-electron chi connectivity index (χ0n) is 15.8. The summed E-state index contributed by atoms with van der Waals surface area (Å²) in [7, 11) is -4.17. The molecule has 10 heteroatoms. The van der Waals surface area contributed by atoms with E-state index in [1.54, 1.807) is 29.1 Å². The zero-order valence-corrected chi connectivity index (χ0v) is 16.6. The number of aryl methyl sites for hydroxylation is 1. The van der Waals surface area contributed by atoms with Gasteiger partial charge in [0.15, 0.2) is 0 Å². The second-order valence-electron chi connectivity index (χ2n) is 6.54. The van der Waals surface area contributed by atoms with Gasteiger partial charge in [-0.25, -0.2) is 17.2 Å². The SMILES string of the molecule is CCn1cc(/C=C/c2n[nH]c3ccc(NS(=O)(=O)c4cc(F)cc(F)c4)cc23)cn1. The van der Waals surface area contributed by atoms with Gasteiger partial charge in [-0.15, -0.1) is 0 Å². The van der Waals surface area contributed by atoms with Gasteiger partial charge in [-0.2, -0.15) is 10.2 Å². The fourth-order valence-electron chi connectivity index (χ4n) is 2.94. The van der Waals surface area contributed by atoms with Crippen LogP contribution < -0.4 is 4.72 Å². The van der Waals surface area contributed by atoms with E-state index in [1.807, 2.05) is 19.2 Å². The molecule has 0 atom stereocenters. The first kappa shape index (κ1) is 19.8. The summed E-state index contributed by atoms with van der Waals surface area (Å²) in [5.74, 6) is -1.95. The number of hydrogen-bond acceptors (Lipinski definition) is 4. The number of rotatable bonds is 6. The molecule has 0 saturated carbocycles. The van der Waals surface area contributed by atoms with E-state index < -0.39 is 26.6 Å². The summed E-state index contributed by atoms with van der Waals surface area (Å²) in [6.45, 7) is 2.75. The van der Waals surface area contributed by atoms with Crippen molar-refractivity contribution >= 4 is 38.8 Å². The Morgan fingerprint density at radius 1 is 1.13 bits per heavy atom. The molecular formula is C20H17F2N5O2S. The van der Waals surface area contributed by atoms with Crippen molar-refractivity contribution in [3.63, 3.8) is 0 Å². The lowest BCUT2D eigenvalue weighted by molar-refractivity contribution is 0.568. The molecule has 2 N–H and O–H groups in total. The van der Waals surface area contributed by atoms with E-state index in [0.717, 1.165) is 24.2 Å². The van der Waals surface area contributed by atoms with Crippen LogP contribution in [0, 0.1) is 11.6 Å². The molecular weight excluding hydrogens is 412 g/mol. The normalized spacial score (nSPS) is 12.1. The number of nitrogens with zero attached hydrogens (tertiary/aromatic N) is 3. The quantitative estimate of drug-likeness (QED) is 0.484. The van der Waals surface area contributed by atoms with E-state index in [9.17, 15) is 17.2 Å². The average molecular weight is 429 g/mol. The van der Waals surface area contributed by atoms with Crippen LogP contribution in [-0.2, 0) is 16.6 Å². The third kappa shape index (κ3) is 4.08. The number of H-pyrrole nitrogens is 1. The Morgan fingerprint density at radius 3 is 2.60 bits per heavy atom. The number of anilines is 1. The van der Waals surface area contributed by atoms with Gasteiger partial charge in [0, 0.05) is 35.4 Å². The van der Waals surface area contributed by atoms with Crippen LogP contribution in [-0.4, -0.2) is 28.4 Å². The van der Waals surface area contributed by atoms with Crippen LogP contribution in [0.15, 0.2) is 53.7 Å². The minimum Gasteiger partial charge on any atom is -0.280 e. The second-order valence-corrected chi connectivity index (χ2v) is 8.22. The lowest BCUT2D eigenvalue weighted by atomic mass is 10.1. The Hall–Kier alpha value is -3.53. The fourth-order valence-corrected chi connectivity index (χ4v) is 4.03. The van der Waals surface area contributed by atoms with Gasteiger partial charge in [-0.05, 0) is 49.4 Å². The Labute approximate surface area is 171 Å². The minimum atomic E-state index is -4.17. The highest BCUT2D eigenvalue weighted by Gasteiger charge is 2.17. The highest BCUT2D eigenvalue weighted by molar-refractivity contribution is 7.92. The first-order chi connectivity index (χ1) is 14.3. The van der Waals surface area contributed by atoms with Crippen LogP contribution in [0.3, 0.4) is 0 Å². The van der Waals surface area contributed by atoms with E-state index in [0.29, 0.717) is 22.7 Å². The molecule has 2 aromatic heterocycles. The molecule has 0 unspecified atom stereocenters. The van der Waals surface area contributed by atoms with E-state index in [-0.39, 0.29) is 5.69 Å². The van der Waals surface area contributed by atoms with Crippen molar-refractivity contribution in [1.29, 1.82) is 0 Å². The monoisotopic (exact) mass is 429 g/mol. The largest absolute Gasteiger partial charge is 0.280 e. The predicted molar refractivity (Wildman–Crippen MR) is 110 cm³/mol. The van der Waals surface area contributed by atoms with Crippen molar-refractivity contribution in [3.8, 4) is 0 Å². The number of fused-ring (bicyclic) bond motifs is 1. The molecule has 7 nitrogen and oxygen atoms in total. The molecule has 0 saturated heterocycles. The number of sulfonamides is 1. The summed E-state index contributed by atoms with van der Waals surface area (Å²) >= 11 is 0. The zero-order chi connectivity index (χ0) is 21.3. The summed E-state index contributed by atoms with van der Waals surface area (Å²) < 4.78 is 56.0. The van der Waals surface area contributed by atoms with Gasteiger partial charge in [0.2, 0.25) is 0 Å². The number of aromatic amines is 1. The number of hydrogen-bond donors (Lipinski definition) is 2. The van der Waals surface area contributed by atoms with Crippen molar-refractivity contribution in [1.82, 2.24) is 20.0 Å². The summed E-state index contributed by atoms with van der Waals surface area (Å²) in [4.78, 5) is -0.500. The standard InChI is InChI=1S/C20H17F2N5O2S/c1-2-27-12-13(11-23-27)3-5-19-18-10-16(4-6-20(18)25-24-19)26-30(28,29)17-8-14(21)7-15(22)9-17/h3-12,26H,2H2,1H3,(H,24,25)/b5-3+. The number of nitrogens with one attached hydrogen (secondary N) is 2. The second kappa shape index (κ2) is 7.71. The van der Waals surface area contributed by atoms with Crippen LogP contribution in [0.5, 0.6) is 0 Å². The summed E-state index contributed by atoms with van der Waals surface area (Å²) in [6, 6.07) is 6.92. The third-order valence-electron chi connectivity index (χ3n) is 4.40. The molecule has 0 amide bonds. The van der Waals surface area contributed by atoms with Crippen LogP contribution in [0.25, 0.3) is 23.1 Å². The molecule has 30 heavy (non-hydrogen) atoms. The molecule has 0 fully saturated rings. The van der Waals surface area contributed by atoms with Gasteiger partial charge in [-0.1, -0.05) is 0 Å². The molecule has 0 aliphatic carbocycles. The Bertz CT molecular complexity index is 1340. The maximum atomic E-state index is 13.4. The molecule has 4 rings (SSSR count). The highest BCUT2D eigenvalue weighted by Crippen LogP contribution is 2.24. The fraction of sp³-hybridized carbons (Fsp3) is 0.100. The molecule has 0 spiro atoms. The van der Waals surface area contributed by atoms with Gasteiger partial charge >= 0.3 is 0 Å². The van der Waals surface area contributed by atoms with E-state index >= 15 is 0 Å². The topological polar surface area (TPSA) is 92.7 Å². The first-order valence-corrected chi connectivity index (χ1v) is 10.5. The van der Waals surface area contributed by atoms with Crippen molar-refractivity contribution in [2.45, 2.75) is 18.4 Å². The smallest absolute Gasteiger partial charge is 0.262 e. The molecule has 2 aromatic carbocycles. The average Bonchev–Trinajstić information content (AvgIpc) is 3.31. The maximum absolute atomic E-state index is 13.4. The van der Waals surface area contributed by atoms with E-state index in [2.05, 4.69) is 20.0 Å². The Morgan fingerprint density at radius 2 is 1.90 bits per heavy atom. The molecule has 2 heterocycles. The van der Waals surface area contributed by atoms with E-state index in [4.69, 9.17) is 0 Å². The van der Waals surface area contributed by atoms with Crippen molar-refractivity contribution in [2.75, 3.05) is 4.72 Å². The highest BCUT2D eigenvalue weighted by atomic mass is 32.2. The van der Waals surface area contributed by atoms with Crippen LogP contribution in [0.2, 0.25) is 0 Å². The maximum Gasteiger partial charge on any atom is 0.262 e. The first-order valence-electron chi connectivity index (χ1n) is 9.01. The molecule has 0 aliphatic heterocycles. The molecule has 0 radical (unpaired) electrons. The van der Waals surface area contributed by atoms with E-state index in [1.165, 1.54) is 6.07 Å². The Balaban J connectivity index is 1.63. The van der Waals surface area contributed by atoms with Gasteiger partial charge in [0.25, 0.3) is 10.0 Å².